The van der Waals surface area contributed by atoms with Gasteiger partial charge in [-0.2, -0.15) is 0 Å². The molecular weight excluding hydrogens is 246 g/mol. The fraction of sp³-hybridized carbons (Fsp3) is 0.333. The van der Waals surface area contributed by atoms with Gasteiger partial charge in [0, 0.05) is 6.54 Å². The molecule has 0 saturated carbocycles. The summed E-state index contributed by atoms with van der Waals surface area (Å²) in [5.41, 5.74) is 5.59. The third-order valence-electron chi connectivity index (χ3n) is 4.20. The summed E-state index contributed by atoms with van der Waals surface area (Å²) in [7, 11) is 3.92. The van der Waals surface area contributed by atoms with Crippen LogP contribution < -0.4 is 4.74 Å². The lowest BCUT2D eigenvalue weighted by Crippen LogP contribution is -2.32. The standard InChI is InChI=1S/C18H21NO/c1-13-4-5-14-10-11-19(2)18(17(14)12-13)15-6-8-16(20-3)9-7-15/h4-9,12,18H,10-11H2,1-3H3. The smallest absolute Gasteiger partial charge is 0.118 e. The molecule has 2 heteroatoms. The molecule has 1 aliphatic rings. The van der Waals surface area contributed by atoms with E-state index in [9.17, 15) is 0 Å². The van der Waals surface area contributed by atoms with Crippen molar-refractivity contribution in [3.8, 4) is 5.75 Å². The molecule has 0 N–H and O–H groups in total. The molecule has 1 unspecified atom stereocenters. The van der Waals surface area contributed by atoms with E-state index in [0.717, 1.165) is 18.7 Å². The molecule has 2 aromatic carbocycles. The maximum Gasteiger partial charge on any atom is 0.118 e. The highest BCUT2D eigenvalue weighted by Gasteiger charge is 2.26. The van der Waals surface area contributed by atoms with Gasteiger partial charge in [0.1, 0.15) is 5.75 Å². The first-order valence-electron chi connectivity index (χ1n) is 7.12. The number of likely N-dealkylation sites (N-methyl/N-ethyl adjacent to an activating group) is 1. The first-order valence-corrected chi connectivity index (χ1v) is 7.12. The highest BCUT2D eigenvalue weighted by atomic mass is 16.5. The molecule has 0 spiro atoms. The van der Waals surface area contributed by atoms with Gasteiger partial charge in [0.2, 0.25) is 0 Å². The molecule has 0 saturated heterocycles. The molecule has 0 aromatic heterocycles. The average molecular weight is 267 g/mol. The van der Waals surface area contributed by atoms with Crippen molar-refractivity contribution in [2.24, 2.45) is 0 Å². The zero-order valence-corrected chi connectivity index (χ0v) is 12.4. The van der Waals surface area contributed by atoms with Crippen LogP contribution in [0.3, 0.4) is 0 Å². The van der Waals surface area contributed by atoms with E-state index < -0.39 is 0 Å². The lowest BCUT2D eigenvalue weighted by Gasteiger charge is -2.35. The fourth-order valence-corrected chi connectivity index (χ4v) is 3.08. The van der Waals surface area contributed by atoms with Gasteiger partial charge in [-0.25, -0.2) is 0 Å². The summed E-state index contributed by atoms with van der Waals surface area (Å²) in [5.74, 6) is 0.914. The molecule has 2 nitrogen and oxygen atoms in total. The Morgan fingerprint density at radius 3 is 2.55 bits per heavy atom. The Morgan fingerprint density at radius 2 is 1.85 bits per heavy atom. The second-order valence-electron chi connectivity index (χ2n) is 5.61. The first-order chi connectivity index (χ1) is 9.69. The van der Waals surface area contributed by atoms with Crippen LogP contribution in [0.4, 0.5) is 0 Å². The van der Waals surface area contributed by atoms with E-state index in [1.54, 1.807) is 7.11 Å². The average Bonchev–Trinajstić information content (AvgIpc) is 2.47. The van der Waals surface area contributed by atoms with Gasteiger partial charge in [-0.05, 0) is 49.2 Å². The van der Waals surface area contributed by atoms with Gasteiger partial charge in [-0.15, -0.1) is 0 Å². The molecule has 1 heterocycles. The van der Waals surface area contributed by atoms with Gasteiger partial charge in [-0.1, -0.05) is 35.9 Å². The second-order valence-corrected chi connectivity index (χ2v) is 5.61. The molecule has 0 fully saturated rings. The van der Waals surface area contributed by atoms with Gasteiger partial charge in [-0.3, -0.25) is 4.90 Å². The van der Waals surface area contributed by atoms with Gasteiger partial charge in [0.15, 0.2) is 0 Å². The van der Waals surface area contributed by atoms with Crippen molar-refractivity contribution in [1.29, 1.82) is 0 Å². The van der Waals surface area contributed by atoms with E-state index in [0.29, 0.717) is 6.04 Å². The zero-order valence-electron chi connectivity index (χ0n) is 12.4. The van der Waals surface area contributed by atoms with Crippen molar-refractivity contribution in [3.05, 3.63) is 64.7 Å². The summed E-state index contributed by atoms with van der Waals surface area (Å²) < 4.78 is 5.26. The fourth-order valence-electron chi connectivity index (χ4n) is 3.08. The van der Waals surface area contributed by atoms with Crippen molar-refractivity contribution < 1.29 is 4.74 Å². The van der Waals surface area contributed by atoms with E-state index in [4.69, 9.17) is 4.74 Å². The van der Waals surface area contributed by atoms with Crippen LogP contribution in [-0.2, 0) is 6.42 Å². The largest absolute Gasteiger partial charge is 0.497 e. The highest BCUT2D eigenvalue weighted by Crippen LogP contribution is 2.35. The van der Waals surface area contributed by atoms with E-state index in [1.807, 2.05) is 12.1 Å². The number of aryl methyl sites for hydroxylation is 1. The number of benzene rings is 2. The Balaban J connectivity index is 2.05. The quantitative estimate of drug-likeness (QED) is 0.824. The summed E-state index contributed by atoms with van der Waals surface area (Å²) in [6, 6.07) is 15.6. The summed E-state index contributed by atoms with van der Waals surface area (Å²) in [5, 5.41) is 0. The van der Waals surface area contributed by atoms with Crippen LogP contribution in [0.25, 0.3) is 0 Å². The molecule has 1 atom stereocenters. The van der Waals surface area contributed by atoms with E-state index >= 15 is 0 Å². The van der Waals surface area contributed by atoms with Crippen LogP contribution in [-0.4, -0.2) is 25.6 Å². The zero-order chi connectivity index (χ0) is 14.1. The van der Waals surface area contributed by atoms with Crippen LogP contribution in [0, 0.1) is 6.92 Å². The molecule has 3 rings (SSSR count). The third-order valence-corrected chi connectivity index (χ3v) is 4.20. The van der Waals surface area contributed by atoms with Gasteiger partial charge < -0.3 is 4.74 Å². The first kappa shape index (κ1) is 13.2. The van der Waals surface area contributed by atoms with Gasteiger partial charge in [0.25, 0.3) is 0 Å². The Kier molecular flexibility index (Phi) is 3.49. The minimum Gasteiger partial charge on any atom is -0.497 e. The van der Waals surface area contributed by atoms with Crippen molar-refractivity contribution in [2.75, 3.05) is 20.7 Å². The number of ether oxygens (including phenoxy) is 1. The molecular formula is C18H21NO. The number of hydrogen-bond donors (Lipinski definition) is 0. The summed E-state index contributed by atoms with van der Waals surface area (Å²) in [6.45, 7) is 3.27. The van der Waals surface area contributed by atoms with Crippen molar-refractivity contribution in [3.63, 3.8) is 0 Å². The van der Waals surface area contributed by atoms with E-state index in [-0.39, 0.29) is 0 Å². The van der Waals surface area contributed by atoms with Crippen molar-refractivity contribution in [2.45, 2.75) is 19.4 Å². The molecule has 0 amide bonds. The topological polar surface area (TPSA) is 12.5 Å². The molecule has 2 aromatic rings. The number of rotatable bonds is 2. The van der Waals surface area contributed by atoms with Crippen LogP contribution in [0.15, 0.2) is 42.5 Å². The Morgan fingerprint density at radius 1 is 1.10 bits per heavy atom. The number of methoxy groups -OCH3 is 1. The maximum absolute atomic E-state index is 5.26. The Hall–Kier alpha value is -1.80. The second kappa shape index (κ2) is 5.29. The van der Waals surface area contributed by atoms with Crippen LogP contribution in [0.5, 0.6) is 5.75 Å². The molecule has 0 bridgehead atoms. The summed E-state index contributed by atoms with van der Waals surface area (Å²) in [6.07, 6.45) is 1.14. The minimum atomic E-state index is 0.351. The van der Waals surface area contributed by atoms with E-state index in [2.05, 4.69) is 49.2 Å². The Labute approximate surface area is 121 Å². The molecule has 104 valence electrons. The van der Waals surface area contributed by atoms with Crippen molar-refractivity contribution >= 4 is 0 Å². The lowest BCUT2D eigenvalue weighted by atomic mass is 9.87. The predicted molar refractivity (Wildman–Crippen MR) is 82.4 cm³/mol. The molecule has 20 heavy (non-hydrogen) atoms. The molecule has 0 aliphatic carbocycles. The summed E-state index contributed by atoms with van der Waals surface area (Å²) in [4.78, 5) is 2.43. The maximum atomic E-state index is 5.26. The predicted octanol–water partition coefficient (Wildman–Crippen LogP) is 3.58. The van der Waals surface area contributed by atoms with Gasteiger partial charge >= 0.3 is 0 Å². The number of hydrogen-bond acceptors (Lipinski definition) is 2. The number of fused-ring (bicyclic) bond motifs is 1. The summed E-state index contributed by atoms with van der Waals surface area (Å²) >= 11 is 0. The monoisotopic (exact) mass is 267 g/mol. The normalized spacial score (nSPS) is 18.6. The third kappa shape index (κ3) is 2.32. The molecule has 1 aliphatic heterocycles. The van der Waals surface area contributed by atoms with Crippen LogP contribution >= 0.6 is 0 Å². The highest BCUT2D eigenvalue weighted by molar-refractivity contribution is 5.42. The van der Waals surface area contributed by atoms with Crippen LogP contribution in [0.2, 0.25) is 0 Å². The van der Waals surface area contributed by atoms with Crippen LogP contribution in [0.1, 0.15) is 28.3 Å². The Bertz CT molecular complexity index is 603. The van der Waals surface area contributed by atoms with Crippen molar-refractivity contribution in [1.82, 2.24) is 4.90 Å². The number of nitrogens with zero attached hydrogens (tertiary/aromatic N) is 1. The lowest BCUT2D eigenvalue weighted by molar-refractivity contribution is 0.264. The SMILES string of the molecule is COc1ccc(C2c3cc(C)ccc3CCN2C)cc1. The molecule has 0 radical (unpaired) electrons. The minimum absolute atomic E-state index is 0.351. The van der Waals surface area contributed by atoms with E-state index in [1.165, 1.54) is 22.3 Å². The van der Waals surface area contributed by atoms with Gasteiger partial charge in [0.05, 0.1) is 13.2 Å².